The van der Waals surface area contributed by atoms with E-state index in [2.05, 4.69) is 71.0 Å². The number of carboxylic acids is 1. The van der Waals surface area contributed by atoms with Gasteiger partial charge in [-0.2, -0.15) is 0 Å². The maximum Gasteiger partial charge on any atom is 0.510 e. The SMILES string of the molecule is Cc1cc(C)c(CCCO[P+](=O)CC(CC(=O)O)O[Si](c2ccccc2)(c2ccccc2)C(C)(C)C)c(CC2CCCCC2)c1. The van der Waals surface area contributed by atoms with Gasteiger partial charge in [0.15, 0.2) is 0 Å². The topological polar surface area (TPSA) is 72.8 Å². The normalized spacial score (nSPS) is 15.5. The third-order valence-corrected chi connectivity index (χ3v) is 15.5. The summed E-state index contributed by atoms with van der Waals surface area (Å²) in [7, 11) is -5.12. The number of aryl methyl sites for hydroxylation is 2. The molecule has 5 nitrogen and oxygen atoms in total. The Morgan fingerprint density at radius 1 is 0.956 bits per heavy atom. The molecule has 242 valence electrons. The fraction of sp³-hybridized carbons (Fsp3) is 0.500. The summed E-state index contributed by atoms with van der Waals surface area (Å²) in [6.07, 6.45) is 8.54. The quantitative estimate of drug-likeness (QED) is 0.102. The first-order valence-electron chi connectivity index (χ1n) is 16.7. The number of aliphatic carboxylic acids is 1. The third-order valence-electron chi connectivity index (χ3n) is 9.26. The Bertz CT molecular complexity index is 1360. The van der Waals surface area contributed by atoms with Gasteiger partial charge in [-0.15, -0.1) is 4.52 Å². The number of hydrogen-bond donors (Lipinski definition) is 1. The largest absolute Gasteiger partial charge is 0.510 e. The fourth-order valence-corrected chi connectivity index (χ4v) is 13.0. The van der Waals surface area contributed by atoms with Gasteiger partial charge in [0.1, 0.15) is 12.7 Å². The maximum absolute atomic E-state index is 13.4. The Morgan fingerprint density at radius 2 is 1.56 bits per heavy atom. The molecule has 2 unspecified atom stereocenters. The second kappa shape index (κ2) is 16.3. The Balaban J connectivity index is 1.46. The van der Waals surface area contributed by atoms with E-state index in [4.69, 9.17) is 8.95 Å². The van der Waals surface area contributed by atoms with Crippen LogP contribution in [0.5, 0.6) is 0 Å². The van der Waals surface area contributed by atoms with Crippen molar-refractivity contribution in [2.75, 3.05) is 12.8 Å². The van der Waals surface area contributed by atoms with Crippen LogP contribution in [0.4, 0.5) is 0 Å². The molecule has 1 N–H and O–H groups in total. The predicted octanol–water partition coefficient (Wildman–Crippen LogP) is 8.54. The second-order valence-electron chi connectivity index (χ2n) is 13.9. The molecule has 0 amide bonds. The van der Waals surface area contributed by atoms with Crippen LogP contribution in [0.3, 0.4) is 0 Å². The summed E-state index contributed by atoms with van der Waals surface area (Å²) in [6.45, 7) is 11.2. The zero-order valence-corrected chi connectivity index (χ0v) is 29.8. The smallest absolute Gasteiger partial charge is 0.481 e. The first kappa shape index (κ1) is 35.2. The molecule has 45 heavy (non-hydrogen) atoms. The summed E-state index contributed by atoms with van der Waals surface area (Å²) in [4.78, 5) is 12.0. The van der Waals surface area contributed by atoms with Crippen molar-refractivity contribution in [1.82, 2.24) is 0 Å². The van der Waals surface area contributed by atoms with Gasteiger partial charge in [0.25, 0.3) is 8.32 Å². The van der Waals surface area contributed by atoms with Crippen molar-refractivity contribution in [3.8, 4) is 0 Å². The van der Waals surface area contributed by atoms with Gasteiger partial charge in [0, 0.05) is 0 Å². The first-order valence-corrected chi connectivity index (χ1v) is 19.9. The van der Waals surface area contributed by atoms with Gasteiger partial charge in [0.2, 0.25) is 6.16 Å². The molecule has 1 aliphatic rings. The second-order valence-corrected chi connectivity index (χ2v) is 19.4. The van der Waals surface area contributed by atoms with Crippen molar-refractivity contribution in [2.45, 2.75) is 104 Å². The van der Waals surface area contributed by atoms with Crippen LogP contribution in [0.2, 0.25) is 5.04 Å². The van der Waals surface area contributed by atoms with E-state index in [1.807, 2.05) is 36.4 Å². The zero-order chi connectivity index (χ0) is 32.5. The predicted molar refractivity (Wildman–Crippen MR) is 188 cm³/mol. The Hall–Kier alpha value is -2.63. The van der Waals surface area contributed by atoms with Crippen molar-refractivity contribution in [3.05, 3.63) is 95.1 Å². The number of rotatable bonds is 15. The number of carbonyl (C=O) groups is 1. The summed E-state index contributed by atoms with van der Waals surface area (Å²) < 4.78 is 26.3. The highest BCUT2D eigenvalue weighted by Crippen LogP contribution is 2.39. The monoisotopic (exact) mass is 647 g/mol. The Labute approximate surface area is 272 Å². The number of benzene rings is 3. The summed E-state index contributed by atoms with van der Waals surface area (Å²) >= 11 is 0. The lowest BCUT2D eigenvalue weighted by Crippen LogP contribution is -2.68. The lowest BCUT2D eigenvalue weighted by molar-refractivity contribution is -0.138. The molecular formula is C38H52O5PSi+. The Morgan fingerprint density at radius 3 is 2.11 bits per heavy atom. The minimum atomic E-state index is -3.01. The van der Waals surface area contributed by atoms with Crippen molar-refractivity contribution < 1.29 is 23.4 Å². The van der Waals surface area contributed by atoms with E-state index in [0.717, 1.165) is 35.6 Å². The highest BCUT2D eigenvalue weighted by atomic mass is 31.1. The number of carboxylic acid groups (broad SMARTS) is 1. The molecular weight excluding hydrogens is 595 g/mol. The fourth-order valence-electron chi connectivity index (χ4n) is 7.24. The molecule has 2 atom stereocenters. The molecule has 1 fully saturated rings. The molecule has 0 bridgehead atoms. The average Bonchev–Trinajstić information content (AvgIpc) is 2.99. The third kappa shape index (κ3) is 9.45. The van der Waals surface area contributed by atoms with E-state index in [1.54, 1.807) is 0 Å². The summed E-state index contributed by atoms with van der Waals surface area (Å²) in [5, 5.41) is 11.7. The molecule has 0 aliphatic heterocycles. The summed E-state index contributed by atoms with van der Waals surface area (Å²) in [6, 6.07) is 24.9. The zero-order valence-electron chi connectivity index (χ0n) is 27.9. The van der Waals surface area contributed by atoms with Crippen LogP contribution >= 0.6 is 8.03 Å². The van der Waals surface area contributed by atoms with Gasteiger partial charge in [-0.05, 0) is 75.7 Å². The van der Waals surface area contributed by atoms with Gasteiger partial charge in [-0.1, -0.05) is 131 Å². The standard InChI is InChI=1S/C38H51O5PSi/c1-29-24-30(2)36(32(25-29)26-31-16-9-6-10-17-31)22-15-23-42-44(41)28-33(27-37(39)40)43-45(38(3,4)5,34-18-11-7-12-19-34)35-20-13-8-14-21-35/h7-8,11-14,18-21,24-25,31,33H,6,9-10,15-17,22-23,26-28H2,1-5H3/p+1. The first-order chi connectivity index (χ1) is 21.5. The molecule has 7 heteroatoms. The van der Waals surface area contributed by atoms with Crippen LogP contribution in [0, 0.1) is 19.8 Å². The van der Waals surface area contributed by atoms with E-state index in [-0.39, 0.29) is 17.6 Å². The molecule has 4 rings (SSSR count). The van der Waals surface area contributed by atoms with Gasteiger partial charge in [0.05, 0.1) is 6.42 Å². The van der Waals surface area contributed by atoms with Gasteiger partial charge < -0.3 is 9.53 Å². The summed E-state index contributed by atoms with van der Waals surface area (Å²) in [5.74, 6) is -0.201. The van der Waals surface area contributed by atoms with E-state index in [1.165, 1.54) is 54.4 Å². The van der Waals surface area contributed by atoms with E-state index in [0.29, 0.717) is 6.61 Å². The molecule has 1 saturated carbocycles. The van der Waals surface area contributed by atoms with Crippen LogP contribution in [0.1, 0.15) is 88.0 Å². The minimum Gasteiger partial charge on any atom is -0.481 e. The molecule has 0 spiro atoms. The van der Waals surface area contributed by atoms with Crippen molar-refractivity contribution in [1.29, 1.82) is 0 Å². The van der Waals surface area contributed by atoms with Gasteiger partial charge >= 0.3 is 14.0 Å². The Kier molecular flexibility index (Phi) is 12.7. The molecule has 1 aliphatic carbocycles. The minimum absolute atomic E-state index is 0.0443. The maximum atomic E-state index is 13.4. The van der Waals surface area contributed by atoms with Gasteiger partial charge in [-0.3, -0.25) is 4.79 Å². The van der Waals surface area contributed by atoms with Gasteiger partial charge in [-0.25, -0.2) is 0 Å². The van der Waals surface area contributed by atoms with E-state index >= 15 is 0 Å². The molecule has 0 radical (unpaired) electrons. The lowest BCUT2D eigenvalue weighted by atomic mass is 9.82. The molecule has 0 saturated heterocycles. The van der Waals surface area contributed by atoms with E-state index < -0.39 is 28.4 Å². The molecule has 0 heterocycles. The van der Waals surface area contributed by atoms with Crippen LogP contribution in [-0.2, 0) is 31.2 Å². The van der Waals surface area contributed by atoms with Crippen LogP contribution in [0.15, 0.2) is 72.8 Å². The molecule has 0 aromatic heterocycles. The van der Waals surface area contributed by atoms with Crippen LogP contribution in [0.25, 0.3) is 0 Å². The molecule has 3 aromatic rings. The van der Waals surface area contributed by atoms with Crippen molar-refractivity contribution >= 4 is 32.7 Å². The highest BCUT2D eigenvalue weighted by Gasteiger charge is 2.52. The lowest BCUT2D eigenvalue weighted by Gasteiger charge is -2.44. The average molecular weight is 648 g/mol. The highest BCUT2D eigenvalue weighted by molar-refractivity contribution is 7.39. The van der Waals surface area contributed by atoms with E-state index in [9.17, 15) is 14.5 Å². The van der Waals surface area contributed by atoms with Crippen molar-refractivity contribution in [3.63, 3.8) is 0 Å². The summed E-state index contributed by atoms with van der Waals surface area (Å²) in [5.41, 5.74) is 5.50. The van der Waals surface area contributed by atoms with Crippen molar-refractivity contribution in [2.24, 2.45) is 5.92 Å². The van der Waals surface area contributed by atoms with Crippen LogP contribution < -0.4 is 10.4 Å². The number of hydrogen-bond acceptors (Lipinski definition) is 4. The molecule has 3 aromatic carbocycles. The van der Waals surface area contributed by atoms with Crippen LogP contribution in [-0.4, -0.2) is 38.3 Å².